The second-order valence-corrected chi connectivity index (χ2v) is 7.52. The molecule has 0 fully saturated rings. The molecule has 0 nitrogen and oxygen atoms in total. The van der Waals surface area contributed by atoms with Crippen molar-refractivity contribution in [2.45, 2.75) is 43.9 Å². The maximum atomic E-state index is 3.87. The quantitative estimate of drug-likeness (QED) is 0.480. The lowest BCUT2D eigenvalue weighted by atomic mass is 10.1. The van der Waals surface area contributed by atoms with E-state index in [-0.39, 0.29) is 0 Å². The average molecular weight is 335 g/mol. The van der Waals surface area contributed by atoms with Crippen molar-refractivity contribution in [3.05, 3.63) is 56.8 Å². The highest BCUT2D eigenvalue weighted by Gasteiger charge is 2.17. The van der Waals surface area contributed by atoms with E-state index in [1.54, 1.807) is 10.4 Å². The predicted octanol–water partition coefficient (Wildman–Crippen LogP) is 5.81. The second kappa shape index (κ2) is 5.80. The molecule has 1 aliphatic rings. The third kappa shape index (κ3) is 2.95. The predicted molar refractivity (Wildman–Crippen MR) is 87.5 cm³/mol. The lowest BCUT2D eigenvalue weighted by Gasteiger charge is -2.08. The highest BCUT2D eigenvalue weighted by Crippen LogP contribution is 2.39. The van der Waals surface area contributed by atoms with Gasteiger partial charge >= 0.3 is 0 Å². The van der Waals surface area contributed by atoms with Crippen LogP contribution < -0.4 is 0 Å². The molecule has 1 atom stereocenters. The first-order valence-corrected chi connectivity index (χ1v) is 8.79. The van der Waals surface area contributed by atoms with Gasteiger partial charge in [-0.1, -0.05) is 52.2 Å². The van der Waals surface area contributed by atoms with Crippen LogP contribution in [0, 0.1) is 6.92 Å². The highest BCUT2D eigenvalue weighted by molar-refractivity contribution is 9.09. The number of hydrogen-bond acceptors (Lipinski definition) is 1. The van der Waals surface area contributed by atoms with Crippen LogP contribution in [0.2, 0.25) is 0 Å². The standard InChI is InChI=1S/C17H19BrS/c1-12-7-9-13(10-8-12)17(18)16-11-14-5-3-2-4-6-15(14)19-16/h7-11,17H,2-6H2,1H3. The molecule has 100 valence electrons. The van der Waals surface area contributed by atoms with E-state index < -0.39 is 0 Å². The summed E-state index contributed by atoms with van der Waals surface area (Å²) in [5, 5.41) is 0. The summed E-state index contributed by atoms with van der Waals surface area (Å²) in [7, 11) is 0. The molecule has 0 aliphatic heterocycles. The van der Waals surface area contributed by atoms with E-state index >= 15 is 0 Å². The summed E-state index contributed by atoms with van der Waals surface area (Å²) in [6, 6.07) is 11.3. The summed E-state index contributed by atoms with van der Waals surface area (Å²) < 4.78 is 0. The molecular formula is C17H19BrS. The van der Waals surface area contributed by atoms with Crippen LogP contribution in [0.5, 0.6) is 0 Å². The zero-order valence-electron chi connectivity index (χ0n) is 11.3. The van der Waals surface area contributed by atoms with Crippen LogP contribution in [0.3, 0.4) is 0 Å². The molecule has 0 bridgehead atoms. The van der Waals surface area contributed by atoms with E-state index in [1.165, 1.54) is 48.1 Å². The molecule has 3 rings (SSSR count). The molecule has 0 saturated heterocycles. The van der Waals surface area contributed by atoms with Gasteiger partial charge in [0.05, 0.1) is 4.83 Å². The molecule has 0 saturated carbocycles. The first-order chi connectivity index (χ1) is 9.24. The molecule has 1 unspecified atom stereocenters. The van der Waals surface area contributed by atoms with E-state index in [4.69, 9.17) is 0 Å². The maximum absolute atomic E-state index is 3.87. The maximum Gasteiger partial charge on any atom is 0.0738 e. The van der Waals surface area contributed by atoms with Crippen molar-refractivity contribution >= 4 is 27.3 Å². The lowest BCUT2D eigenvalue weighted by molar-refractivity contribution is 0.712. The number of alkyl halides is 1. The van der Waals surface area contributed by atoms with E-state index in [0.717, 1.165) is 0 Å². The highest BCUT2D eigenvalue weighted by atomic mass is 79.9. The minimum absolute atomic E-state index is 0.352. The van der Waals surface area contributed by atoms with Crippen LogP contribution in [-0.4, -0.2) is 0 Å². The van der Waals surface area contributed by atoms with Gasteiger partial charge in [0, 0.05) is 9.75 Å². The minimum atomic E-state index is 0.352. The number of benzene rings is 1. The monoisotopic (exact) mass is 334 g/mol. The molecule has 0 radical (unpaired) electrons. The van der Waals surface area contributed by atoms with Gasteiger partial charge in [-0.2, -0.15) is 0 Å². The summed E-state index contributed by atoms with van der Waals surface area (Å²) >= 11 is 5.88. The molecule has 2 heteroatoms. The Bertz CT molecular complexity index is 530. The Morgan fingerprint density at radius 1 is 1.05 bits per heavy atom. The van der Waals surface area contributed by atoms with Crippen LogP contribution in [0.25, 0.3) is 0 Å². The van der Waals surface area contributed by atoms with Gasteiger partial charge in [-0.3, -0.25) is 0 Å². The summed E-state index contributed by atoms with van der Waals surface area (Å²) in [6.45, 7) is 2.14. The molecule has 1 aromatic carbocycles. The third-order valence-electron chi connectivity index (χ3n) is 3.89. The van der Waals surface area contributed by atoms with Crippen molar-refractivity contribution in [3.63, 3.8) is 0 Å². The minimum Gasteiger partial charge on any atom is -0.144 e. The fourth-order valence-electron chi connectivity index (χ4n) is 2.72. The topological polar surface area (TPSA) is 0 Å². The fraction of sp³-hybridized carbons (Fsp3) is 0.412. The van der Waals surface area contributed by atoms with Crippen LogP contribution in [-0.2, 0) is 12.8 Å². The Morgan fingerprint density at radius 3 is 2.58 bits per heavy atom. The number of fused-ring (bicyclic) bond motifs is 1. The van der Waals surface area contributed by atoms with E-state index in [9.17, 15) is 0 Å². The SMILES string of the molecule is Cc1ccc(C(Br)c2cc3c(s2)CCCCC3)cc1. The van der Waals surface area contributed by atoms with Crippen molar-refractivity contribution in [1.29, 1.82) is 0 Å². The van der Waals surface area contributed by atoms with Crippen LogP contribution in [0.4, 0.5) is 0 Å². The fourth-order valence-corrected chi connectivity index (χ4v) is 4.70. The van der Waals surface area contributed by atoms with Gasteiger partial charge in [0.1, 0.15) is 0 Å². The Morgan fingerprint density at radius 2 is 1.79 bits per heavy atom. The van der Waals surface area contributed by atoms with Crippen LogP contribution in [0.1, 0.15) is 50.5 Å². The summed E-state index contributed by atoms with van der Waals surface area (Å²) in [4.78, 5) is 3.45. The number of thiophene rings is 1. The first kappa shape index (κ1) is 13.4. The van der Waals surface area contributed by atoms with E-state index in [2.05, 4.69) is 53.2 Å². The molecule has 0 spiro atoms. The third-order valence-corrected chi connectivity index (χ3v) is 6.51. The molecule has 19 heavy (non-hydrogen) atoms. The molecule has 1 aliphatic carbocycles. The Hall–Kier alpha value is -0.600. The molecular weight excluding hydrogens is 316 g/mol. The average Bonchev–Trinajstić information content (AvgIpc) is 2.70. The number of halogens is 1. The van der Waals surface area contributed by atoms with Gasteiger partial charge in [0.2, 0.25) is 0 Å². The zero-order chi connectivity index (χ0) is 13.2. The largest absolute Gasteiger partial charge is 0.144 e. The van der Waals surface area contributed by atoms with Gasteiger partial charge in [-0.25, -0.2) is 0 Å². The number of aryl methyl sites for hydroxylation is 3. The van der Waals surface area contributed by atoms with Crippen molar-refractivity contribution in [2.75, 3.05) is 0 Å². The van der Waals surface area contributed by atoms with Gasteiger partial charge in [0.15, 0.2) is 0 Å². The van der Waals surface area contributed by atoms with Crippen LogP contribution >= 0.6 is 27.3 Å². The van der Waals surface area contributed by atoms with Crippen molar-refractivity contribution in [2.24, 2.45) is 0 Å². The van der Waals surface area contributed by atoms with Gasteiger partial charge < -0.3 is 0 Å². The molecule has 0 N–H and O–H groups in total. The molecule has 2 aromatic rings. The molecule has 1 aromatic heterocycles. The first-order valence-electron chi connectivity index (χ1n) is 7.06. The lowest BCUT2D eigenvalue weighted by Crippen LogP contribution is -1.89. The van der Waals surface area contributed by atoms with Gasteiger partial charge in [0.25, 0.3) is 0 Å². The number of hydrogen-bond donors (Lipinski definition) is 0. The summed E-state index contributed by atoms with van der Waals surface area (Å²) in [6.07, 6.45) is 6.69. The van der Waals surface area contributed by atoms with Gasteiger partial charge in [-0.05, 0) is 49.8 Å². The van der Waals surface area contributed by atoms with Crippen LogP contribution in [0.15, 0.2) is 30.3 Å². The van der Waals surface area contributed by atoms with Crippen molar-refractivity contribution in [1.82, 2.24) is 0 Å². The number of rotatable bonds is 2. The molecule has 1 heterocycles. The summed E-state index contributed by atoms with van der Waals surface area (Å²) in [5.74, 6) is 0. The second-order valence-electron chi connectivity index (χ2n) is 5.43. The zero-order valence-corrected chi connectivity index (χ0v) is 13.7. The Kier molecular flexibility index (Phi) is 4.09. The molecule has 0 amide bonds. The van der Waals surface area contributed by atoms with Crippen molar-refractivity contribution < 1.29 is 0 Å². The Balaban J connectivity index is 1.87. The smallest absolute Gasteiger partial charge is 0.0738 e. The van der Waals surface area contributed by atoms with E-state index in [0.29, 0.717) is 4.83 Å². The van der Waals surface area contributed by atoms with Crippen molar-refractivity contribution in [3.8, 4) is 0 Å². The normalized spacial score (nSPS) is 16.7. The van der Waals surface area contributed by atoms with Gasteiger partial charge in [-0.15, -0.1) is 11.3 Å². The summed E-state index contributed by atoms with van der Waals surface area (Å²) in [5.41, 5.74) is 4.29. The Labute approximate surface area is 128 Å². The van der Waals surface area contributed by atoms with E-state index in [1.807, 2.05) is 11.3 Å².